The molecule has 1 fully saturated rings. The Hall–Kier alpha value is -2.38. The van der Waals surface area contributed by atoms with Crippen molar-refractivity contribution in [3.63, 3.8) is 0 Å². The molecule has 0 bridgehead atoms. The average Bonchev–Trinajstić information content (AvgIpc) is 3.20. The van der Waals surface area contributed by atoms with Gasteiger partial charge in [-0.15, -0.1) is 0 Å². The predicted octanol–water partition coefficient (Wildman–Crippen LogP) is 2.47. The van der Waals surface area contributed by atoms with Crippen LogP contribution in [0.5, 0.6) is 0 Å². The van der Waals surface area contributed by atoms with Gasteiger partial charge in [-0.1, -0.05) is 36.0 Å². The van der Waals surface area contributed by atoms with Crippen LogP contribution in [0.2, 0.25) is 0 Å². The largest absolute Gasteiger partial charge is 0.376 e. The number of fused-ring (bicyclic) bond motifs is 2. The Morgan fingerprint density at radius 2 is 2.11 bits per heavy atom. The van der Waals surface area contributed by atoms with Gasteiger partial charge in [0.1, 0.15) is 0 Å². The summed E-state index contributed by atoms with van der Waals surface area (Å²) in [6.45, 7) is 1.31. The Morgan fingerprint density at radius 3 is 2.85 bits per heavy atom. The quantitative estimate of drug-likeness (QED) is 0.416. The van der Waals surface area contributed by atoms with Crippen LogP contribution in [0.25, 0.3) is 21.7 Å². The summed E-state index contributed by atoms with van der Waals surface area (Å²) in [6.07, 6.45) is 2.16. The van der Waals surface area contributed by atoms with Gasteiger partial charge in [0.2, 0.25) is 5.91 Å². The topological polar surface area (TPSA) is 73.2 Å². The lowest BCUT2D eigenvalue weighted by molar-refractivity contribution is -0.119. The molecule has 6 nitrogen and oxygen atoms in total. The number of thioether (sulfide) groups is 1. The monoisotopic (exact) mass is 383 g/mol. The van der Waals surface area contributed by atoms with Gasteiger partial charge in [-0.05, 0) is 35.7 Å². The van der Waals surface area contributed by atoms with E-state index in [1.54, 1.807) is 7.05 Å². The smallest absolute Gasteiger partial charge is 0.261 e. The zero-order valence-electron chi connectivity index (χ0n) is 15.1. The first-order valence-electron chi connectivity index (χ1n) is 9.02. The van der Waals surface area contributed by atoms with Gasteiger partial charge in [-0.25, -0.2) is 4.98 Å². The minimum absolute atomic E-state index is 0.0802. The summed E-state index contributed by atoms with van der Waals surface area (Å²) in [5.74, 6) is 0.134. The Kier molecular flexibility index (Phi) is 5.13. The number of amides is 1. The first-order valence-corrected chi connectivity index (χ1v) is 10.0. The van der Waals surface area contributed by atoms with Gasteiger partial charge in [-0.2, -0.15) is 0 Å². The summed E-state index contributed by atoms with van der Waals surface area (Å²) in [5, 5.41) is 6.06. The van der Waals surface area contributed by atoms with Crippen LogP contribution in [0.3, 0.4) is 0 Å². The van der Waals surface area contributed by atoms with Crippen LogP contribution < -0.4 is 10.9 Å². The summed E-state index contributed by atoms with van der Waals surface area (Å²) in [6, 6.07) is 11.7. The first-order chi connectivity index (χ1) is 13.1. The summed E-state index contributed by atoms with van der Waals surface area (Å²) < 4.78 is 7.01. The lowest BCUT2D eigenvalue weighted by Gasteiger charge is -2.12. The van der Waals surface area contributed by atoms with Gasteiger partial charge in [0.05, 0.1) is 22.8 Å². The number of carbonyl (C=O) groups excluding carboxylic acids is 1. The van der Waals surface area contributed by atoms with Gasteiger partial charge in [0.25, 0.3) is 5.56 Å². The molecular formula is C20H21N3O3S. The van der Waals surface area contributed by atoms with Crippen molar-refractivity contribution < 1.29 is 9.53 Å². The summed E-state index contributed by atoms with van der Waals surface area (Å²) in [4.78, 5) is 29.5. The van der Waals surface area contributed by atoms with E-state index in [9.17, 15) is 9.59 Å². The number of carbonyl (C=O) groups is 1. The number of rotatable bonds is 5. The first kappa shape index (κ1) is 18.0. The fourth-order valence-corrected chi connectivity index (χ4v) is 4.08. The third-order valence-corrected chi connectivity index (χ3v) is 5.82. The number of benzene rings is 2. The second-order valence-corrected chi connectivity index (χ2v) is 7.65. The molecule has 1 aliphatic rings. The molecule has 4 rings (SSSR count). The Labute approximate surface area is 160 Å². The maximum absolute atomic E-state index is 12.7. The van der Waals surface area contributed by atoms with Crippen molar-refractivity contribution >= 4 is 39.3 Å². The number of ether oxygens (including phenoxy) is 1. The number of aromatic nitrogens is 2. The van der Waals surface area contributed by atoms with E-state index in [4.69, 9.17) is 4.74 Å². The van der Waals surface area contributed by atoms with Gasteiger partial charge in [-0.3, -0.25) is 14.2 Å². The maximum atomic E-state index is 12.7. The number of hydrogen-bond acceptors (Lipinski definition) is 5. The van der Waals surface area contributed by atoms with E-state index in [2.05, 4.69) is 10.3 Å². The molecule has 1 N–H and O–H groups in total. The van der Waals surface area contributed by atoms with Gasteiger partial charge < -0.3 is 10.1 Å². The molecule has 3 aromatic rings. The van der Waals surface area contributed by atoms with Crippen molar-refractivity contribution in [3.8, 4) is 0 Å². The maximum Gasteiger partial charge on any atom is 0.261 e. The van der Waals surface area contributed by atoms with Gasteiger partial charge >= 0.3 is 0 Å². The normalized spacial score (nSPS) is 16.9. The van der Waals surface area contributed by atoms with E-state index in [0.717, 1.165) is 30.2 Å². The third kappa shape index (κ3) is 3.84. The lowest BCUT2D eigenvalue weighted by Crippen LogP contribution is -2.33. The molecule has 0 unspecified atom stereocenters. The number of hydrogen-bond donors (Lipinski definition) is 1. The fourth-order valence-electron chi connectivity index (χ4n) is 3.28. The molecule has 1 saturated heterocycles. The van der Waals surface area contributed by atoms with Crippen LogP contribution in [0, 0.1) is 0 Å². The highest BCUT2D eigenvalue weighted by atomic mass is 32.2. The molecule has 7 heteroatoms. The number of nitrogens with zero attached hydrogens (tertiary/aromatic N) is 2. The van der Waals surface area contributed by atoms with E-state index in [1.807, 2.05) is 36.4 Å². The molecule has 27 heavy (non-hydrogen) atoms. The molecule has 1 aromatic heterocycles. The highest BCUT2D eigenvalue weighted by Gasteiger charge is 2.17. The molecule has 0 saturated carbocycles. The third-order valence-electron chi connectivity index (χ3n) is 4.79. The van der Waals surface area contributed by atoms with E-state index in [1.165, 1.54) is 16.3 Å². The van der Waals surface area contributed by atoms with Crippen molar-refractivity contribution in [2.24, 2.45) is 7.05 Å². The summed E-state index contributed by atoms with van der Waals surface area (Å²) in [7, 11) is 1.69. The zero-order valence-corrected chi connectivity index (χ0v) is 15.9. The molecule has 1 atom stereocenters. The van der Waals surface area contributed by atoms with Crippen molar-refractivity contribution in [1.82, 2.24) is 14.9 Å². The molecule has 0 radical (unpaired) electrons. The van der Waals surface area contributed by atoms with E-state index in [0.29, 0.717) is 22.6 Å². The predicted molar refractivity (Wildman–Crippen MR) is 107 cm³/mol. The Morgan fingerprint density at radius 1 is 1.33 bits per heavy atom. The van der Waals surface area contributed by atoms with Gasteiger partial charge in [0.15, 0.2) is 5.16 Å². The van der Waals surface area contributed by atoms with Crippen molar-refractivity contribution in [2.75, 3.05) is 18.9 Å². The second kappa shape index (κ2) is 7.70. The van der Waals surface area contributed by atoms with Crippen LogP contribution in [0.1, 0.15) is 12.8 Å². The highest BCUT2D eigenvalue weighted by molar-refractivity contribution is 7.99. The molecule has 2 aromatic carbocycles. The molecule has 2 heterocycles. The summed E-state index contributed by atoms with van der Waals surface area (Å²) in [5.41, 5.74) is 0.548. The van der Waals surface area contributed by atoms with Crippen LogP contribution in [-0.4, -0.2) is 40.5 Å². The Bertz CT molecular complexity index is 1060. The van der Waals surface area contributed by atoms with Crippen LogP contribution in [0.4, 0.5) is 0 Å². The minimum Gasteiger partial charge on any atom is -0.376 e. The van der Waals surface area contributed by atoms with Crippen molar-refractivity contribution in [3.05, 3.63) is 46.8 Å². The molecule has 1 amide bonds. The molecule has 0 spiro atoms. The lowest BCUT2D eigenvalue weighted by atomic mass is 10.1. The second-order valence-electron chi connectivity index (χ2n) is 6.70. The van der Waals surface area contributed by atoms with E-state index in [-0.39, 0.29) is 23.3 Å². The molecule has 140 valence electrons. The van der Waals surface area contributed by atoms with Crippen LogP contribution >= 0.6 is 11.8 Å². The van der Waals surface area contributed by atoms with Crippen LogP contribution in [-0.2, 0) is 16.6 Å². The zero-order chi connectivity index (χ0) is 18.8. The Balaban J connectivity index is 1.52. The summed E-state index contributed by atoms with van der Waals surface area (Å²) >= 11 is 1.27. The standard InChI is InChI=1S/C20H21N3O3S/c1-23-19(25)16-9-13-5-2-3-6-14(13)10-17(16)22-20(23)27-12-18(24)21-11-15-7-4-8-26-15/h2-3,5-6,9-10,15H,4,7-8,11-12H2,1H3,(H,21,24)/t15-/m0/s1. The van der Waals surface area contributed by atoms with E-state index >= 15 is 0 Å². The minimum atomic E-state index is -0.104. The molecule has 1 aliphatic heterocycles. The van der Waals surface area contributed by atoms with Crippen molar-refractivity contribution in [2.45, 2.75) is 24.1 Å². The SMILES string of the molecule is Cn1c(SCC(=O)NC[C@@H]2CCCO2)nc2cc3ccccc3cc2c1=O. The average molecular weight is 383 g/mol. The van der Waals surface area contributed by atoms with E-state index < -0.39 is 0 Å². The molecular weight excluding hydrogens is 362 g/mol. The fraction of sp³-hybridized carbons (Fsp3) is 0.350. The van der Waals surface area contributed by atoms with Crippen molar-refractivity contribution in [1.29, 1.82) is 0 Å². The molecule has 0 aliphatic carbocycles. The number of nitrogens with one attached hydrogen (secondary N) is 1. The van der Waals surface area contributed by atoms with Gasteiger partial charge in [0, 0.05) is 20.2 Å². The highest BCUT2D eigenvalue weighted by Crippen LogP contribution is 2.22. The van der Waals surface area contributed by atoms with Crippen LogP contribution in [0.15, 0.2) is 46.3 Å².